The summed E-state index contributed by atoms with van der Waals surface area (Å²) in [5.41, 5.74) is 10.7. The Morgan fingerprint density at radius 3 is 2.28 bits per heavy atom. The van der Waals surface area contributed by atoms with Crippen LogP contribution in [0.25, 0.3) is 11.1 Å². The molecule has 2 aromatic carbocycles. The van der Waals surface area contributed by atoms with Gasteiger partial charge in [0.15, 0.2) is 0 Å². The number of fused-ring (bicyclic) bond motifs is 3. The van der Waals surface area contributed by atoms with Crippen molar-refractivity contribution < 1.29 is 14.3 Å². The fraction of sp³-hybridized carbons (Fsp3) is 0.391. The summed E-state index contributed by atoms with van der Waals surface area (Å²) in [4.78, 5) is 23.9. The third-order valence-corrected chi connectivity index (χ3v) is 5.57. The molecule has 2 aromatic rings. The van der Waals surface area contributed by atoms with E-state index >= 15 is 0 Å². The largest absolute Gasteiger partial charge is 0.449 e. The van der Waals surface area contributed by atoms with E-state index < -0.39 is 12.1 Å². The van der Waals surface area contributed by atoms with Gasteiger partial charge in [-0.25, -0.2) is 4.79 Å². The van der Waals surface area contributed by atoms with Crippen LogP contribution in [0.3, 0.4) is 0 Å². The van der Waals surface area contributed by atoms with Gasteiger partial charge in [0.05, 0.1) is 6.04 Å². The number of hydrogen-bond acceptors (Lipinski definition) is 4. The van der Waals surface area contributed by atoms with Crippen LogP contribution in [-0.4, -0.2) is 37.2 Å². The minimum atomic E-state index is -0.528. The summed E-state index contributed by atoms with van der Waals surface area (Å²) in [6.45, 7) is 0.726. The lowest BCUT2D eigenvalue weighted by Crippen LogP contribution is -2.42. The number of nitrogens with one attached hydrogen (secondary N) is 2. The monoisotopic (exact) mass is 393 g/mol. The Hall–Kier alpha value is -2.86. The van der Waals surface area contributed by atoms with Crippen molar-refractivity contribution >= 4 is 12.0 Å². The number of amides is 2. The van der Waals surface area contributed by atoms with E-state index in [4.69, 9.17) is 10.5 Å². The van der Waals surface area contributed by atoms with Crippen LogP contribution in [0, 0.1) is 0 Å². The molecule has 2 aliphatic carbocycles. The Bertz CT molecular complexity index is 849. The van der Waals surface area contributed by atoms with Gasteiger partial charge in [-0.2, -0.15) is 0 Å². The van der Waals surface area contributed by atoms with Gasteiger partial charge in [-0.05, 0) is 47.9 Å². The van der Waals surface area contributed by atoms with Crippen molar-refractivity contribution in [1.82, 2.24) is 10.6 Å². The van der Waals surface area contributed by atoms with Gasteiger partial charge in [-0.3, -0.25) is 4.79 Å². The summed E-state index contributed by atoms with van der Waals surface area (Å²) in [5, 5.41) is 5.65. The third-order valence-electron chi connectivity index (χ3n) is 5.57. The van der Waals surface area contributed by atoms with E-state index in [-0.39, 0.29) is 11.8 Å². The topological polar surface area (TPSA) is 93.4 Å². The first-order valence-electron chi connectivity index (χ1n) is 10.3. The molecule has 0 bridgehead atoms. The first-order chi connectivity index (χ1) is 14.1. The Morgan fingerprint density at radius 1 is 1.03 bits per heavy atom. The number of ether oxygens (including phenoxy) is 1. The molecule has 0 heterocycles. The Morgan fingerprint density at radius 2 is 1.66 bits per heavy atom. The van der Waals surface area contributed by atoms with Gasteiger partial charge in [0.1, 0.15) is 6.61 Å². The maximum atomic E-state index is 12.1. The van der Waals surface area contributed by atoms with Gasteiger partial charge in [0.25, 0.3) is 0 Å². The quantitative estimate of drug-likeness (QED) is 0.601. The Kier molecular flexibility index (Phi) is 5.81. The lowest BCUT2D eigenvalue weighted by atomic mass is 9.98. The van der Waals surface area contributed by atoms with Crippen LogP contribution in [0.2, 0.25) is 0 Å². The molecule has 152 valence electrons. The molecule has 4 rings (SSSR count). The second-order valence-corrected chi connectivity index (χ2v) is 7.78. The molecule has 1 atom stereocenters. The first kappa shape index (κ1) is 19.5. The number of benzene rings is 2. The Labute approximate surface area is 170 Å². The second-order valence-electron chi connectivity index (χ2n) is 7.78. The first-order valence-corrected chi connectivity index (χ1v) is 10.3. The molecule has 0 saturated heterocycles. The minimum Gasteiger partial charge on any atom is -0.449 e. The van der Waals surface area contributed by atoms with E-state index in [2.05, 4.69) is 34.9 Å². The molecule has 2 amide bonds. The van der Waals surface area contributed by atoms with Crippen molar-refractivity contribution in [2.24, 2.45) is 5.73 Å². The van der Waals surface area contributed by atoms with Crippen LogP contribution in [-0.2, 0) is 9.53 Å². The number of carbonyl (C=O) groups excluding carboxylic acids is 2. The molecule has 0 aromatic heterocycles. The zero-order valence-electron chi connectivity index (χ0n) is 16.4. The molecule has 0 aliphatic heterocycles. The van der Waals surface area contributed by atoms with Crippen LogP contribution in [0.4, 0.5) is 4.79 Å². The minimum absolute atomic E-state index is 0.0488. The van der Waals surface area contributed by atoms with Crippen LogP contribution >= 0.6 is 0 Å². The summed E-state index contributed by atoms with van der Waals surface area (Å²) in [7, 11) is 0. The van der Waals surface area contributed by atoms with Crippen LogP contribution < -0.4 is 16.4 Å². The molecule has 2 aliphatic rings. The summed E-state index contributed by atoms with van der Waals surface area (Å²) in [5.74, 6) is -0.0543. The number of alkyl carbamates (subject to hydrolysis) is 1. The predicted octanol–water partition coefficient (Wildman–Crippen LogP) is 2.91. The highest BCUT2D eigenvalue weighted by molar-refractivity contribution is 5.82. The standard InChI is InChI=1S/C23H27N3O3/c24-21(22(27)26-15-11-12-15)10-5-13-25-23(28)29-14-20-18-8-3-1-6-16(18)17-7-2-4-9-19(17)20/h1-4,6-9,15,20-21H,5,10-14,24H2,(H,25,28)(H,26,27)/t21-/m0/s1. The van der Waals surface area contributed by atoms with Crippen LogP contribution in [0.15, 0.2) is 48.5 Å². The molecule has 0 spiro atoms. The van der Waals surface area contributed by atoms with Crippen molar-refractivity contribution in [3.05, 3.63) is 59.7 Å². The van der Waals surface area contributed by atoms with E-state index in [1.165, 1.54) is 22.3 Å². The van der Waals surface area contributed by atoms with E-state index in [1.807, 2.05) is 24.3 Å². The average molecular weight is 393 g/mol. The molecule has 0 radical (unpaired) electrons. The van der Waals surface area contributed by atoms with Gasteiger partial charge < -0.3 is 21.1 Å². The molecule has 4 N–H and O–H groups in total. The van der Waals surface area contributed by atoms with E-state index in [0.29, 0.717) is 32.0 Å². The van der Waals surface area contributed by atoms with E-state index in [9.17, 15) is 9.59 Å². The number of rotatable bonds is 8. The molecule has 29 heavy (non-hydrogen) atoms. The second kappa shape index (κ2) is 8.66. The zero-order chi connectivity index (χ0) is 20.2. The molecule has 6 nitrogen and oxygen atoms in total. The number of hydrogen-bond donors (Lipinski definition) is 3. The molecule has 1 fully saturated rings. The highest BCUT2D eigenvalue weighted by Gasteiger charge is 2.29. The van der Waals surface area contributed by atoms with Crippen LogP contribution in [0.1, 0.15) is 42.7 Å². The lowest BCUT2D eigenvalue weighted by Gasteiger charge is -2.15. The van der Waals surface area contributed by atoms with Gasteiger partial charge in [-0.15, -0.1) is 0 Å². The maximum absolute atomic E-state index is 12.1. The van der Waals surface area contributed by atoms with E-state index in [1.54, 1.807) is 0 Å². The summed E-state index contributed by atoms with van der Waals surface area (Å²) in [6.07, 6.45) is 2.80. The van der Waals surface area contributed by atoms with Crippen LogP contribution in [0.5, 0.6) is 0 Å². The summed E-state index contributed by atoms with van der Waals surface area (Å²) < 4.78 is 5.49. The number of nitrogens with two attached hydrogens (primary N) is 1. The lowest BCUT2D eigenvalue weighted by molar-refractivity contribution is -0.122. The smallest absolute Gasteiger partial charge is 0.407 e. The van der Waals surface area contributed by atoms with Crippen molar-refractivity contribution in [1.29, 1.82) is 0 Å². The van der Waals surface area contributed by atoms with Gasteiger partial charge in [0, 0.05) is 18.5 Å². The zero-order valence-corrected chi connectivity index (χ0v) is 16.4. The normalized spacial score (nSPS) is 15.9. The fourth-order valence-corrected chi connectivity index (χ4v) is 3.83. The highest BCUT2D eigenvalue weighted by atomic mass is 16.5. The van der Waals surface area contributed by atoms with E-state index in [0.717, 1.165) is 12.8 Å². The summed E-state index contributed by atoms with van der Waals surface area (Å²) in [6, 6.07) is 16.3. The fourth-order valence-electron chi connectivity index (χ4n) is 3.83. The highest BCUT2D eigenvalue weighted by Crippen LogP contribution is 2.44. The molecule has 1 saturated carbocycles. The number of carbonyl (C=O) groups is 2. The van der Waals surface area contributed by atoms with Crippen molar-refractivity contribution in [2.45, 2.75) is 43.7 Å². The molecular formula is C23H27N3O3. The average Bonchev–Trinajstić information content (AvgIpc) is 3.50. The summed E-state index contributed by atoms with van der Waals surface area (Å²) >= 11 is 0. The van der Waals surface area contributed by atoms with Crippen molar-refractivity contribution in [3.8, 4) is 11.1 Å². The van der Waals surface area contributed by atoms with Gasteiger partial charge in [0.2, 0.25) is 5.91 Å². The molecule has 6 heteroatoms. The predicted molar refractivity (Wildman–Crippen MR) is 111 cm³/mol. The molecule has 0 unspecified atom stereocenters. The maximum Gasteiger partial charge on any atom is 0.407 e. The SMILES string of the molecule is N[C@@H](CCCNC(=O)OCC1c2ccccc2-c2ccccc21)C(=O)NC1CC1. The van der Waals surface area contributed by atoms with Crippen molar-refractivity contribution in [2.75, 3.05) is 13.2 Å². The molecular weight excluding hydrogens is 366 g/mol. The third kappa shape index (κ3) is 4.59. The van der Waals surface area contributed by atoms with Gasteiger partial charge in [-0.1, -0.05) is 48.5 Å². The van der Waals surface area contributed by atoms with Gasteiger partial charge >= 0.3 is 6.09 Å². The van der Waals surface area contributed by atoms with Crippen molar-refractivity contribution in [3.63, 3.8) is 0 Å². The Balaban J connectivity index is 1.22.